The molecule has 6 nitrogen and oxygen atoms in total. The smallest absolute Gasteiger partial charge is 0.259 e. The van der Waals surface area contributed by atoms with E-state index in [1.165, 1.54) is 11.3 Å². The Hall–Kier alpha value is -2.08. The molecule has 1 unspecified atom stereocenters. The zero-order valence-corrected chi connectivity index (χ0v) is 19.4. The molecule has 0 spiro atoms. The lowest BCUT2D eigenvalue weighted by Crippen LogP contribution is -2.17. The van der Waals surface area contributed by atoms with Crippen molar-refractivity contribution >= 4 is 27.2 Å². The zero-order valence-electron chi connectivity index (χ0n) is 17.7. The second-order valence-electron chi connectivity index (χ2n) is 7.97. The molecule has 2 aromatic rings. The van der Waals surface area contributed by atoms with Crippen LogP contribution in [0.1, 0.15) is 87.4 Å². The van der Waals surface area contributed by atoms with Crippen LogP contribution in [0.5, 0.6) is 0 Å². The molecule has 2 heterocycles. The van der Waals surface area contributed by atoms with Crippen LogP contribution in [0.2, 0.25) is 0 Å². The van der Waals surface area contributed by atoms with Gasteiger partial charge in [0.15, 0.2) is 9.92 Å². The Bertz CT molecular complexity index is 1040. The van der Waals surface area contributed by atoms with Crippen molar-refractivity contribution < 1.29 is 9.00 Å². The molecule has 1 amide bonds. The number of amides is 1. The summed E-state index contributed by atoms with van der Waals surface area (Å²) in [5, 5.41) is 17.1. The monoisotopic (exact) mass is 432 g/mol. The largest absolute Gasteiger partial charge is 0.272 e. The van der Waals surface area contributed by atoms with Gasteiger partial charge in [-0.25, -0.2) is 14.3 Å². The molecule has 0 aromatic carbocycles. The van der Waals surface area contributed by atoms with E-state index in [1.54, 1.807) is 12.1 Å². The summed E-state index contributed by atoms with van der Waals surface area (Å²) in [6.45, 7) is 12.0. The molecular weight excluding hydrogens is 404 g/mol. The van der Waals surface area contributed by atoms with E-state index in [0.717, 1.165) is 16.7 Å². The van der Waals surface area contributed by atoms with E-state index in [2.05, 4.69) is 15.4 Å². The number of carbonyl (C=O) groups is 1. The molecule has 0 aliphatic heterocycles. The lowest BCUT2D eigenvalue weighted by atomic mass is 9.90. The Morgan fingerprint density at radius 1 is 1.21 bits per heavy atom. The van der Waals surface area contributed by atoms with Gasteiger partial charge >= 0.3 is 0 Å². The zero-order chi connectivity index (χ0) is 21.9. The van der Waals surface area contributed by atoms with Gasteiger partial charge in [0.05, 0.1) is 6.42 Å². The van der Waals surface area contributed by atoms with Gasteiger partial charge in [0.2, 0.25) is 0 Å². The average molecular weight is 433 g/mol. The third-order valence-electron chi connectivity index (χ3n) is 4.59. The van der Waals surface area contributed by atoms with Gasteiger partial charge in [0, 0.05) is 5.69 Å². The maximum atomic E-state index is 12.9. The minimum atomic E-state index is -3.30. The lowest BCUT2D eigenvalue weighted by molar-refractivity contribution is -0.117. The fraction of sp³-hybridized carbons (Fsp3) is 0.476. The highest BCUT2D eigenvalue weighted by atomic mass is 32.2. The minimum absolute atomic E-state index is 0.0247. The van der Waals surface area contributed by atoms with Gasteiger partial charge in [-0.1, -0.05) is 41.5 Å². The van der Waals surface area contributed by atoms with Crippen molar-refractivity contribution in [2.45, 2.75) is 69.9 Å². The second kappa shape index (κ2) is 9.16. The number of hydrogen-bond donors (Lipinski definition) is 1. The SMILES string of the molecule is CC(C)c1csc(S(N)(=O)=NC(=O)Cc2c(C(C)C)cc(C#N)nc2C(C)C)c1. The summed E-state index contributed by atoms with van der Waals surface area (Å²) in [5.74, 6) is -0.152. The number of rotatable bonds is 6. The Balaban J connectivity index is 2.47. The van der Waals surface area contributed by atoms with Crippen LogP contribution in [0.3, 0.4) is 0 Å². The van der Waals surface area contributed by atoms with E-state index in [9.17, 15) is 14.3 Å². The highest BCUT2D eigenvalue weighted by Gasteiger charge is 2.21. The lowest BCUT2D eigenvalue weighted by Gasteiger charge is -2.18. The summed E-state index contributed by atoms with van der Waals surface area (Å²) in [6, 6.07) is 5.56. The normalized spacial score (nSPS) is 13.6. The maximum Gasteiger partial charge on any atom is 0.259 e. The first-order valence-electron chi connectivity index (χ1n) is 9.56. The van der Waals surface area contributed by atoms with Crippen molar-refractivity contribution in [1.29, 1.82) is 5.26 Å². The number of carbonyl (C=O) groups excluding carboxylic acids is 1. The number of hydrogen-bond acceptors (Lipinski definition) is 5. The van der Waals surface area contributed by atoms with Gasteiger partial charge in [-0.2, -0.15) is 5.26 Å². The fourth-order valence-corrected chi connectivity index (χ4v) is 5.39. The van der Waals surface area contributed by atoms with Crippen LogP contribution in [0.15, 0.2) is 26.1 Å². The summed E-state index contributed by atoms with van der Waals surface area (Å²) in [6.07, 6.45) is -0.0453. The second-order valence-corrected chi connectivity index (χ2v) is 10.9. The number of aromatic nitrogens is 1. The molecule has 2 rings (SSSR count). The fourth-order valence-electron chi connectivity index (χ4n) is 3.02. The molecule has 0 saturated carbocycles. The van der Waals surface area contributed by atoms with Gasteiger partial charge in [0.25, 0.3) is 5.91 Å². The molecule has 1 atom stereocenters. The first kappa shape index (κ1) is 23.2. The molecule has 2 aromatic heterocycles. The maximum absolute atomic E-state index is 12.9. The van der Waals surface area contributed by atoms with Gasteiger partial charge in [-0.3, -0.25) is 4.79 Å². The van der Waals surface area contributed by atoms with E-state index in [1.807, 2.05) is 46.9 Å². The molecule has 0 saturated heterocycles. The molecule has 0 radical (unpaired) electrons. The summed E-state index contributed by atoms with van der Waals surface area (Å²) < 4.78 is 17.2. The predicted octanol–water partition coefficient (Wildman–Crippen LogP) is 4.85. The molecule has 8 heteroatoms. The summed E-state index contributed by atoms with van der Waals surface area (Å²) in [5.41, 5.74) is 3.66. The standard InChI is InChI=1S/C21H28N4O2S2/c1-12(2)15-7-20(28-11-15)29(23,27)25-19(26)9-18-17(13(3)4)8-16(10-22)24-21(18)14(5)6/h7-8,11-14H,9H2,1-6H3,(H2,23,25,26,27). The van der Waals surface area contributed by atoms with E-state index in [4.69, 9.17) is 5.14 Å². The molecule has 2 N–H and O–H groups in total. The van der Waals surface area contributed by atoms with E-state index < -0.39 is 15.8 Å². The van der Waals surface area contributed by atoms with E-state index >= 15 is 0 Å². The van der Waals surface area contributed by atoms with Crippen LogP contribution in [0.25, 0.3) is 0 Å². The first-order valence-corrected chi connectivity index (χ1v) is 12.0. The molecule has 0 aliphatic rings. The molecule has 29 heavy (non-hydrogen) atoms. The van der Waals surface area contributed by atoms with Gasteiger partial charge in [-0.15, -0.1) is 15.7 Å². The van der Waals surface area contributed by atoms with E-state index in [-0.39, 0.29) is 24.2 Å². The van der Waals surface area contributed by atoms with Crippen LogP contribution >= 0.6 is 11.3 Å². The highest BCUT2D eigenvalue weighted by Crippen LogP contribution is 2.29. The van der Waals surface area contributed by atoms with Crippen molar-refractivity contribution in [2.75, 3.05) is 0 Å². The Morgan fingerprint density at radius 2 is 1.86 bits per heavy atom. The van der Waals surface area contributed by atoms with Crippen LogP contribution in [-0.4, -0.2) is 15.1 Å². The number of nitrogens with zero attached hydrogens (tertiary/aromatic N) is 3. The van der Waals surface area contributed by atoms with Crippen LogP contribution in [-0.2, 0) is 21.1 Å². The van der Waals surface area contributed by atoms with Crippen LogP contribution in [0, 0.1) is 11.3 Å². The summed E-state index contributed by atoms with van der Waals surface area (Å²) >= 11 is 1.26. The summed E-state index contributed by atoms with van der Waals surface area (Å²) in [7, 11) is -3.30. The van der Waals surface area contributed by atoms with Crippen LogP contribution in [0.4, 0.5) is 0 Å². The van der Waals surface area contributed by atoms with Crippen molar-refractivity contribution in [2.24, 2.45) is 9.50 Å². The van der Waals surface area contributed by atoms with Crippen molar-refractivity contribution in [3.8, 4) is 6.07 Å². The number of pyridine rings is 1. The average Bonchev–Trinajstić information content (AvgIpc) is 3.12. The topological polar surface area (TPSA) is 109 Å². The number of nitriles is 1. The third-order valence-corrected chi connectivity index (χ3v) is 7.50. The summed E-state index contributed by atoms with van der Waals surface area (Å²) in [4.78, 5) is 17.1. The van der Waals surface area contributed by atoms with Crippen molar-refractivity contribution in [1.82, 2.24) is 4.98 Å². The van der Waals surface area contributed by atoms with Crippen molar-refractivity contribution in [3.05, 3.63) is 45.6 Å². The van der Waals surface area contributed by atoms with E-state index in [0.29, 0.717) is 15.6 Å². The van der Waals surface area contributed by atoms with Gasteiger partial charge in [-0.05, 0) is 52.0 Å². The Kier molecular flexibility index (Phi) is 7.33. The Labute approximate surface area is 177 Å². The first-order chi connectivity index (χ1) is 13.5. The number of thiophene rings is 1. The molecular formula is C21H28N4O2S2. The third kappa shape index (κ3) is 5.50. The van der Waals surface area contributed by atoms with Crippen LogP contribution < -0.4 is 5.14 Å². The Morgan fingerprint density at radius 3 is 2.34 bits per heavy atom. The predicted molar refractivity (Wildman–Crippen MR) is 117 cm³/mol. The van der Waals surface area contributed by atoms with Gasteiger partial charge < -0.3 is 0 Å². The van der Waals surface area contributed by atoms with Crippen molar-refractivity contribution in [3.63, 3.8) is 0 Å². The number of nitrogens with two attached hydrogens (primary N) is 1. The minimum Gasteiger partial charge on any atom is -0.272 e. The quantitative estimate of drug-likeness (QED) is 0.703. The molecule has 0 bridgehead atoms. The molecule has 156 valence electrons. The molecule has 0 fully saturated rings. The molecule has 0 aliphatic carbocycles. The highest BCUT2D eigenvalue weighted by molar-refractivity contribution is 7.93. The van der Waals surface area contributed by atoms with Gasteiger partial charge in [0.1, 0.15) is 16.0 Å².